The van der Waals surface area contributed by atoms with Crippen molar-refractivity contribution in [3.63, 3.8) is 0 Å². The number of amides is 4. The van der Waals surface area contributed by atoms with Crippen molar-refractivity contribution in [1.29, 1.82) is 0 Å². The van der Waals surface area contributed by atoms with Gasteiger partial charge in [0.25, 0.3) is 11.8 Å². The molecule has 3 N–H and O–H groups in total. The number of phenolic OH excluding ortho intramolecular Hbond substituents is 1. The molecule has 6 atom stereocenters. The van der Waals surface area contributed by atoms with Crippen LogP contribution in [0.4, 0.5) is 10.1 Å². The van der Waals surface area contributed by atoms with Crippen LogP contribution in [0.25, 0.3) is 0 Å². The Kier molecular flexibility index (Phi) is 8.34. The summed E-state index contributed by atoms with van der Waals surface area (Å²) in [6.07, 6.45) is 1.53. The molecule has 2 aliphatic carbocycles. The number of allylic oxidation sites excluding steroid dienone is 2. The summed E-state index contributed by atoms with van der Waals surface area (Å²) in [5, 5.41) is 21.2. The number of aromatic hydroxyl groups is 1. The molecule has 0 aromatic heterocycles. The molecule has 6 unspecified atom stereocenters. The number of benzene rings is 3. The number of methoxy groups -OCH3 is 1. The summed E-state index contributed by atoms with van der Waals surface area (Å²) in [6.45, 7) is -0.291. The standard InChI is InChI=1S/C36H30Cl2FN3O8/c1-50-27-15-17(14-26(38)31(27)45)30-22-10-11-23-29(34(48)41(32(23)46)13-12-28(43)44)24(22)16-25-33(47)42(40-21-8-6-20(39)7-9-21)35(49)36(25,30)18-2-4-19(37)5-3-18/h2-10,14-15,23-25,29-30,40,45H,11-13,16H2,1H3,(H,43,44). The van der Waals surface area contributed by atoms with Gasteiger partial charge < -0.3 is 14.9 Å². The highest BCUT2D eigenvalue weighted by molar-refractivity contribution is 6.32. The monoisotopic (exact) mass is 721 g/mol. The molecule has 4 aliphatic rings. The SMILES string of the molecule is COc1cc(C2C3=CCC4C(=O)N(CCC(=O)O)C(=O)C4C3CC3C(=O)N(Nc4ccc(F)cc4)C(=O)C32c2ccc(Cl)cc2)cc(Cl)c1O. The van der Waals surface area contributed by atoms with Crippen LogP contribution in [0.15, 0.2) is 72.3 Å². The maximum Gasteiger partial charge on any atom is 0.305 e. The van der Waals surface area contributed by atoms with Crippen molar-refractivity contribution in [3.05, 3.63) is 99.3 Å². The molecule has 0 bridgehead atoms. The van der Waals surface area contributed by atoms with Crippen LogP contribution in [0.5, 0.6) is 11.5 Å². The first-order valence-corrected chi connectivity index (χ1v) is 16.6. The summed E-state index contributed by atoms with van der Waals surface area (Å²) in [7, 11) is 1.34. The van der Waals surface area contributed by atoms with Gasteiger partial charge in [-0.1, -0.05) is 47.0 Å². The fraction of sp³-hybridized carbons (Fsp3) is 0.306. The van der Waals surface area contributed by atoms with Gasteiger partial charge in [0, 0.05) is 17.5 Å². The van der Waals surface area contributed by atoms with E-state index in [0.29, 0.717) is 21.7 Å². The zero-order chi connectivity index (χ0) is 35.6. The van der Waals surface area contributed by atoms with Crippen LogP contribution < -0.4 is 10.2 Å². The van der Waals surface area contributed by atoms with Gasteiger partial charge in [-0.25, -0.2) is 4.39 Å². The van der Waals surface area contributed by atoms with E-state index in [2.05, 4.69) is 5.43 Å². The van der Waals surface area contributed by atoms with Crippen LogP contribution >= 0.6 is 23.2 Å². The number of likely N-dealkylation sites (tertiary alicyclic amines) is 1. The number of hydrogen-bond donors (Lipinski definition) is 3. The van der Waals surface area contributed by atoms with E-state index in [9.17, 15) is 33.8 Å². The molecule has 258 valence electrons. The number of halogens is 3. The number of anilines is 1. The molecule has 0 radical (unpaired) electrons. The number of carbonyl (C=O) groups is 5. The first-order chi connectivity index (χ1) is 23.9. The van der Waals surface area contributed by atoms with E-state index in [1.165, 1.54) is 43.5 Å². The fourth-order valence-electron chi connectivity index (χ4n) is 8.44. The lowest BCUT2D eigenvalue weighted by Crippen LogP contribution is -2.53. The van der Waals surface area contributed by atoms with Gasteiger partial charge in [-0.15, -0.1) is 0 Å². The van der Waals surface area contributed by atoms with Crippen molar-refractivity contribution in [3.8, 4) is 11.5 Å². The van der Waals surface area contributed by atoms with Crippen LogP contribution in [0.2, 0.25) is 10.0 Å². The Bertz CT molecular complexity index is 1990. The second-order valence-corrected chi connectivity index (χ2v) is 13.7. The lowest BCUT2D eigenvalue weighted by molar-refractivity contribution is -0.143. The number of rotatable bonds is 8. The van der Waals surface area contributed by atoms with Gasteiger partial charge in [-0.3, -0.25) is 34.3 Å². The van der Waals surface area contributed by atoms with E-state index in [4.69, 9.17) is 27.9 Å². The van der Waals surface area contributed by atoms with E-state index in [0.717, 1.165) is 9.91 Å². The number of imide groups is 2. The lowest BCUT2D eigenvalue weighted by atomic mass is 9.49. The van der Waals surface area contributed by atoms with E-state index >= 15 is 4.79 Å². The highest BCUT2D eigenvalue weighted by Gasteiger charge is 2.70. The van der Waals surface area contributed by atoms with Gasteiger partial charge in [0.05, 0.1) is 47.4 Å². The number of carbonyl (C=O) groups excluding carboxylic acids is 4. The Labute approximate surface area is 295 Å². The molecule has 3 aromatic carbocycles. The number of aliphatic carboxylic acids is 1. The molecule has 11 nitrogen and oxygen atoms in total. The highest BCUT2D eigenvalue weighted by atomic mass is 35.5. The number of nitrogens with one attached hydrogen (secondary N) is 1. The highest BCUT2D eigenvalue weighted by Crippen LogP contribution is 2.64. The van der Waals surface area contributed by atoms with Crippen LogP contribution in [-0.4, -0.2) is 63.4 Å². The van der Waals surface area contributed by atoms with Gasteiger partial charge >= 0.3 is 5.97 Å². The summed E-state index contributed by atoms with van der Waals surface area (Å²) >= 11 is 12.9. The first kappa shape index (κ1) is 33.6. The van der Waals surface area contributed by atoms with Crippen molar-refractivity contribution in [1.82, 2.24) is 9.91 Å². The van der Waals surface area contributed by atoms with Gasteiger partial charge in [0.15, 0.2) is 11.5 Å². The molecule has 2 aliphatic heterocycles. The van der Waals surface area contributed by atoms with Gasteiger partial charge in [0.1, 0.15) is 5.82 Å². The zero-order valence-corrected chi connectivity index (χ0v) is 28.0. The topological polar surface area (TPSA) is 154 Å². The van der Waals surface area contributed by atoms with E-state index < -0.39 is 76.8 Å². The number of carboxylic acid groups (broad SMARTS) is 1. The second-order valence-electron chi connectivity index (χ2n) is 12.9. The predicted octanol–water partition coefficient (Wildman–Crippen LogP) is 5.31. The molecule has 1 saturated carbocycles. The molecule has 50 heavy (non-hydrogen) atoms. The average Bonchev–Trinajstić information content (AvgIpc) is 3.46. The van der Waals surface area contributed by atoms with Crippen molar-refractivity contribution >= 4 is 58.5 Å². The minimum Gasteiger partial charge on any atom is -0.503 e. The van der Waals surface area contributed by atoms with Crippen molar-refractivity contribution in [2.24, 2.45) is 23.7 Å². The third kappa shape index (κ3) is 5.03. The van der Waals surface area contributed by atoms with Gasteiger partial charge in [0.2, 0.25) is 11.8 Å². The molecule has 7 rings (SSSR count). The van der Waals surface area contributed by atoms with Crippen LogP contribution in [0, 0.1) is 29.5 Å². The molecular weight excluding hydrogens is 692 g/mol. The van der Waals surface area contributed by atoms with E-state index in [-0.39, 0.29) is 41.6 Å². The Hall–Kier alpha value is -4.94. The summed E-state index contributed by atoms with van der Waals surface area (Å²) in [4.78, 5) is 69.7. The van der Waals surface area contributed by atoms with E-state index in [1.54, 1.807) is 24.3 Å². The predicted molar refractivity (Wildman–Crippen MR) is 178 cm³/mol. The third-order valence-electron chi connectivity index (χ3n) is 10.5. The molecule has 4 amide bonds. The lowest BCUT2D eigenvalue weighted by Gasteiger charge is -2.50. The minimum atomic E-state index is -1.66. The third-order valence-corrected chi connectivity index (χ3v) is 11.0. The van der Waals surface area contributed by atoms with Crippen LogP contribution in [0.3, 0.4) is 0 Å². The largest absolute Gasteiger partial charge is 0.503 e. The normalized spacial score (nSPS) is 27.1. The van der Waals surface area contributed by atoms with Gasteiger partial charge in [-0.2, -0.15) is 5.01 Å². The number of nitrogens with zero attached hydrogens (tertiary/aromatic N) is 2. The number of carboxylic acids is 1. The van der Waals surface area contributed by atoms with Crippen LogP contribution in [0.1, 0.15) is 36.3 Å². The number of ether oxygens (including phenoxy) is 1. The molecule has 2 heterocycles. The Morgan fingerprint density at radius 3 is 2.36 bits per heavy atom. The Morgan fingerprint density at radius 2 is 1.70 bits per heavy atom. The van der Waals surface area contributed by atoms with Crippen molar-refractivity contribution in [2.45, 2.75) is 30.6 Å². The summed E-state index contributed by atoms with van der Waals surface area (Å²) < 4.78 is 19.3. The van der Waals surface area contributed by atoms with Crippen molar-refractivity contribution in [2.75, 3.05) is 19.1 Å². The molecule has 14 heteroatoms. The molecule has 3 aromatic rings. The fourth-order valence-corrected chi connectivity index (χ4v) is 8.78. The molecular formula is C36H30Cl2FN3O8. The maximum atomic E-state index is 15.1. The molecule has 0 spiro atoms. The first-order valence-electron chi connectivity index (χ1n) is 15.9. The average molecular weight is 723 g/mol. The smallest absolute Gasteiger partial charge is 0.305 e. The quantitative estimate of drug-likeness (QED) is 0.208. The second kappa shape index (κ2) is 12.4. The number of fused-ring (bicyclic) bond motifs is 4. The Balaban J connectivity index is 1.45. The number of hydrazine groups is 1. The molecule has 3 fully saturated rings. The summed E-state index contributed by atoms with van der Waals surface area (Å²) in [5.74, 6) is -8.76. The zero-order valence-electron chi connectivity index (χ0n) is 26.4. The maximum absolute atomic E-state index is 15.1. The minimum absolute atomic E-state index is 0.00691. The van der Waals surface area contributed by atoms with Gasteiger partial charge in [-0.05, 0) is 78.4 Å². The summed E-state index contributed by atoms with van der Waals surface area (Å²) in [5.41, 5.74) is 2.94. The van der Waals surface area contributed by atoms with Crippen molar-refractivity contribution < 1.29 is 43.3 Å². The Morgan fingerprint density at radius 1 is 1.00 bits per heavy atom. The molecule has 2 saturated heterocycles. The van der Waals surface area contributed by atoms with E-state index in [1.807, 2.05) is 6.08 Å². The number of phenols is 1. The van der Waals surface area contributed by atoms with Crippen LogP contribution in [-0.2, 0) is 29.4 Å². The number of hydrogen-bond acceptors (Lipinski definition) is 8. The summed E-state index contributed by atoms with van der Waals surface area (Å²) in [6, 6.07) is 14.7.